The van der Waals surface area contributed by atoms with Gasteiger partial charge >= 0.3 is 0 Å². The number of hydrogen-bond donors (Lipinski definition) is 1. The number of nitrogens with one attached hydrogen (secondary N) is 1. The number of rotatable bonds is 5. The normalized spacial score (nSPS) is 11.3. The van der Waals surface area contributed by atoms with Crippen LogP contribution in [0, 0.1) is 17.5 Å². The number of hydrogen-bond acceptors (Lipinski definition) is 5. The maximum Gasteiger partial charge on any atom is 0.267 e. The molecule has 12 heteroatoms. The third kappa shape index (κ3) is 5.46. The number of ether oxygens (including phenoxy) is 1. The fourth-order valence-electron chi connectivity index (χ4n) is 2.47. The van der Waals surface area contributed by atoms with E-state index in [1.807, 2.05) is 0 Å². The molecular formula is C19H11Cl2F3N2O4S. The SMILES string of the molecule is CS(=O)(=O)NC(=O)c1cc(Cl)c(-c2cnc(Oc3cc(F)ccc3F)c(Cl)c2)cc1F. The Bertz CT molecular complexity index is 1300. The van der Waals surface area contributed by atoms with Crippen LogP contribution in [0.25, 0.3) is 11.1 Å². The number of carbonyl (C=O) groups is 1. The molecule has 0 atom stereocenters. The van der Waals surface area contributed by atoms with E-state index in [1.165, 1.54) is 12.3 Å². The van der Waals surface area contributed by atoms with Gasteiger partial charge in [-0.2, -0.15) is 0 Å². The van der Waals surface area contributed by atoms with Crippen molar-refractivity contribution in [3.05, 3.63) is 75.7 Å². The summed E-state index contributed by atoms with van der Waals surface area (Å²) in [6.07, 6.45) is 1.93. The summed E-state index contributed by atoms with van der Waals surface area (Å²) in [4.78, 5) is 15.8. The molecule has 2 aromatic carbocycles. The van der Waals surface area contributed by atoms with Gasteiger partial charge in [-0.05, 0) is 30.3 Å². The van der Waals surface area contributed by atoms with Crippen molar-refractivity contribution in [3.8, 4) is 22.8 Å². The minimum absolute atomic E-state index is 0.0907. The molecule has 0 aliphatic heterocycles. The number of pyridine rings is 1. The summed E-state index contributed by atoms with van der Waals surface area (Å²) in [6.45, 7) is 0. The molecule has 0 saturated heterocycles. The summed E-state index contributed by atoms with van der Waals surface area (Å²) in [5.74, 6) is -4.48. The summed E-state index contributed by atoms with van der Waals surface area (Å²) in [7, 11) is -3.91. The molecule has 3 aromatic rings. The lowest BCUT2D eigenvalue weighted by Gasteiger charge is -2.11. The number of nitrogens with zero attached hydrogens (tertiary/aromatic N) is 1. The van der Waals surface area contributed by atoms with Gasteiger partial charge in [-0.3, -0.25) is 4.79 Å². The molecule has 6 nitrogen and oxygen atoms in total. The van der Waals surface area contributed by atoms with Crippen LogP contribution in [-0.4, -0.2) is 25.6 Å². The van der Waals surface area contributed by atoms with Gasteiger partial charge in [0.1, 0.15) is 16.7 Å². The Labute approximate surface area is 184 Å². The van der Waals surface area contributed by atoms with E-state index in [2.05, 4.69) is 4.98 Å². The standard InChI is InChI=1S/C19H11Cl2F3N2O4S/c1-31(28,29)26-18(27)12-6-13(20)11(7-16(12)24)9-4-14(21)19(25-8-9)30-17-5-10(22)2-3-15(17)23/h2-8H,1H3,(H,26,27). The third-order valence-corrected chi connectivity index (χ3v) is 4.94. The second-order valence-electron chi connectivity index (χ2n) is 6.20. The fourth-order valence-corrected chi connectivity index (χ4v) is 3.40. The Hall–Kier alpha value is -2.82. The zero-order valence-electron chi connectivity index (χ0n) is 15.4. The fraction of sp³-hybridized carbons (Fsp3) is 0.0526. The number of halogens is 5. The molecule has 0 aliphatic carbocycles. The lowest BCUT2D eigenvalue weighted by molar-refractivity contribution is 0.0978. The summed E-state index contributed by atoms with van der Waals surface area (Å²) < 4.78 is 70.6. The van der Waals surface area contributed by atoms with Gasteiger partial charge in [-0.1, -0.05) is 23.2 Å². The lowest BCUT2D eigenvalue weighted by Crippen LogP contribution is -2.30. The number of sulfonamides is 1. The van der Waals surface area contributed by atoms with Crippen molar-refractivity contribution < 1.29 is 31.1 Å². The van der Waals surface area contributed by atoms with Gasteiger partial charge in [0.05, 0.1) is 11.8 Å². The number of carbonyl (C=O) groups excluding carboxylic acids is 1. The van der Waals surface area contributed by atoms with Crippen LogP contribution in [0.2, 0.25) is 10.0 Å². The predicted octanol–water partition coefficient (Wildman–Crippen LogP) is 4.95. The van der Waals surface area contributed by atoms with E-state index in [0.29, 0.717) is 0 Å². The summed E-state index contributed by atoms with van der Waals surface area (Å²) in [5.41, 5.74) is -0.274. The monoisotopic (exact) mass is 490 g/mol. The van der Waals surface area contributed by atoms with Crippen molar-refractivity contribution in [2.45, 2.75) is 0 Å². The molecule has 0 bridgehead atoms. The van der Waals surface area contributed by atoms with Crippen molar-refractivity contribution in [1.29, 1.82) is 0 Å². The number of amides is 1. The molecule has 0 unspecified atom stereocenters. The van der Waals surface area contributed by atoms with Gasteiger partial charge in [0, 0.05) is 28.4 Å². The molecule has 1 aromatic heterocycles. The van der Waals surface area contributed by atoms with E-state index in [9.17, 15) is 26.4 Å². The number of aromatic nitrogens is 1. The highest BCUT2D eigenvalue weighted by Crippen LogP contribution is 2.35. The first-order valence-electron chi connectivity index (χ1n) is 8.24. The van der Waals surface area contributed by atoms with E-state index < -0.39 is 44.7 Å². The van der Waals surface area contributed by atoms with Gasteiger partial charge in [0.15, 0.2) is 11.6 Å². The molecule has 0 fully saturated rings. The Morgan fingerprint density at radius 3 is 2.39 bits per heavy atom. The summed E-state index contributed by atoms with van der Waals surface area (Å²) >= 11 is 12.2. The lowest BCUT2D eigenvalue weighted by atomic mass is 10.0. The van der Waals surface area contributed by atoms with E-state index in [-0.39, 0.29) is 27.1 Å². The highest BCUT2D eigenvalue weighted by molar-refractivity contribution is 7.89. The van der Waals surface area contributed by atoms with E-state index >= 15 is 0 Å². The zero-order chi connectivity index (χ0) is 22.9. The van der Waals surface area contributed by atoms with Gasteiger partial charge in [0.2, 0.25) is 15.9 Å². The zero-order valence-corrected chi connectivity index (χ0v) is 17.7. The highest BCUT2D eigenvalue weighted by Gasteiger charge is 2.20. The van der Waals surface area contributed by atoms with Crippen LogP contribution in [0.3, 0.4) is 0 Å². The Morgan fingerprint density at radius 2 is 1.74 bits per heavy atom. The van der Waals surface area contributed by atoms with Crippen molar-refractivity contribution in [3.63, 3.8) is 0 Å². The molecule has 0 saturated carbocycles. The van der Waals surface area contributed by atoms with Crippen LogP contribution < -0.4 is 9.46 Å². The second kappa shape index (κ2) is 8.74. The van der Waals surface area contributed by atoms with Gasteiger partial charge in [-0.15, -0.1) is 0 Å². The topological polar surface area (TPSA) is 85.4 Å². The van der Waals surface area contributed by atoms with E-state index in [0.717, 1.165) is 36.6 Å². The van der Waals surface area contributed by atoms with Crippen molar-refractivity contribution >= 4 is 39.1 Å². The Kier molecular flexibility index (Phi) is 6.44. The third-order valence-electron chi connectivity index (χ3n) is 3.80. The first-order chi connectivity index (χ1) is 14.4. The first kappa shape index (κ1) is 22.9. The Morgan fingerprint density at radius 1 is 1.03 bits per heavy atom. The molecule has 0 radical (unpaired) electrons. The van der Waals surface area contributed by atoms with E-state index in [4.69, 9.17) is 27.9 Å². The first-order valence-corrected chi connectivity index (χ1v) is 10.9. The smallest absolute Gasteiger partial charge is 0.267 e. The average molecular weight is 491 g/mol. The molecule has 1 heterocycles. The molecule has 3 rings (SSSR count). The molecule has 31 heavy (non-hydrogen) atoms. The maximum atomic E-state index is 14.4. The molecule has 1 amide bonds. The minimum atomic E-state index is -3.91. The predicted molar refractivity (Wildman–Crippen MR) is 108 cm³/mol. The molecule has 0 aliphatic rings. The van der Waals surface area contributed by atoms with Crippen LogP contribution in [0.5, 0.6) is 11.6 Å². The minimum Gasteiger partial charge on any atom is -0.434 e. The second-order valence-corrected chi connectivity index (χ2v) is 8.77. The largest absolute Gasteiger partial charge is 0.434 e. The summed E-state index contributed by atoms with van der Waals surface area (Å²) in [5, 5.41) is -0.209. The molecular weight excluding hydrogens is 480 g/mol. The van der Waals surface area contributed by atoms with Gasteiger partial charge < -0.3 is 4.74 Å². The van der Waals surface area contributed by atoms with Crippen LogP contribution in [0.4, 0.5) is 13.2 Å². The van der Waals surface area contributed by atoms with Gasteiger partial charge in [0.25, 0.3) is 5.91 Å². The quantitative estimate of drug-likeness (QED) is 0.546. The maximum absolute atomic E-state index is 14.4. The molecule has 162 valence electrons. The molecule has 1 N–H and O–H groups in total. The van der Waals surface area contributed by atoms with Crippen molar-refractivity contribution in [2.75, 3.05) is 6.26 Å². The van der Waals surface area contributed by atoms with E-state index in [1.54, 1.807) is 4.72 Å². The summed E-state index contributed by atoms with van der Waals surface area (Å²) in [6, 6.07) is 5.74. The Balaban J connectivity index is 1.93. The van der Waals surface area contributed by atoms with Crippen LogP contribution >= 0.6 is 23.2 Å². The van der Waals surface area contributed by atoms with Crippen LogP contribution in [0.15, 0.2) is 42.6 Å². The highest BCUT2D eigenvalue weighted by atomic mass is 35.5. The van der Waals surface area contributed by atoms with Crippen molar-refractivity contribution in [2.24, 2.45) is 0 Å². The van der Waals surface area contributed by atoms with Gasteiger partial charge in [-0.25, -0.2) is 31.3 Å². The van der Waals surface area contributed by atoms with Crippen LogP contribution in [-0.2, 0) is 10.0 Å². The van der Waals surface area contributed by atoms with Crippen molar-refractivity contribution in [1.82, 2.24) is 9.71 Å². The average Bonchev–Trinajstić information content (AvgIpc) is 2.66. The van der Waals surface area contributed by atoms with Crippen LogP contribution in [0.1, 0.15) is 10.4 Å². The number of benzene rings is 2. The molecule has 0 spiro atoms.